The Morgan fingerprint density at radius 2 is 1.67 bits per heavy atom. The molecule has 0 aliphatic carbocycles. The summed E-state index contributed by atoms with van der Waals surface area (Å²) in [5.74, 6) is 5.26. The Morgan fingerprint density at radius 3 is 2.33 bits per heavy atom. The molecule has 0 amide bonds. The van der Waals surface area contributed by atoms with Gasteiger partial charge in [0, 0.05) is 21.1 Å². The van der Waals surface area contributed by atoms with Gasteiger partial charge in [0.1, 0.15) is 5.82 Å². The zero-order valence-corrected chi connectivity index (χ0v) is 13.3. The Labute approximate surface area is 138 Å². The molecule has 2 aromatic carbocycles. The van der Waals surface area contributed by atoms with Crippen LogP contribution in [0, 0.1) is 5.82 Å². The molecule has 0 saturated heterocycles. The summed E-state index contributed by atoms with van der Waals surface area (Å²) in [5, 5.41) is 1.67. The lowest BCUT2D eigenvalue weighted by Gasteiger charge is -2.17. The van der Waals surface area contributed by atoms with Crippen molar-refractivity contribution in [2.75, 3.05) is 0 Å². The predicted octanol–water partition coefficient (Wildman–Crippen LogP) is 4.40. The van der Waals surface area contributed by atoms with Crippen LogP contribution in [0.4, 0.5) is 4.39 Å². The molecule has 0 aromatic heterocycles. The molecule has 3 N–H and O–H groups in total. The number of hydrogen-bond acceptors (Lipinski definition) is 2. The third-order valence-corrected chi connectivity index (χ3v) is 4.15. The van der Waals surface area contributed by atoms with Crippen LogP contribution >= 0.6 is 34.8 Å². The molecule has 0 aliphatic rings. The van der Waals surface area contributed by atoms with E-state index < -0.39 is 0 Å². The van der Waals surface area contributed by atoms with Gasteiger partial charge < -0.3 is 0 Å². The summed E-state index contributed by atoms with van der Waals surface area (Å²) >= 11 is 18.1. The van der Waals surface area contributed by atoms with Gasteiger partial charge in [-0.25, -0.2) is 4.39 Å². The average Bonchev–Trinajstić information content (AvgIpc) is 2.44. The number of rotatable bonds is 5. The third kappa shape index (κ3) is 4.56. The zero-order valence-electron chi connectivity index (χ0n) is 11.0. The highest BCUT2D eigenvalue weighted by Crippen LogP contribution is 2.24. The maximum atomic E-state index is 13.3. The lowest BCUT2D eigenvalue weighted by atomic mass is 9.99. The molecule has 21 heavy (non-hydrogen) atoms. The van der Waals surface area contributed by atoms with Crippen molar-refractivity contribution in [3.8, 4) is 0 Å². The van der Waals surface area contributed by atoms with Gasteiger partial charge in [-0.15, -0.1) is 0 Å². The van der Waals surface area contributed by atoms with Gasteiger partial charge in [0.15, 0.2) is 0 Å². The van der Waals surface area contributed by atoms with Crippen molar-refractivity contribution >= 4 is 34.8 Å². The number of halogens is 4. The number of benzene rings is 2. The van der Waals surface area contributed by atoms with E-state index in [0.29, 0.717) is 33.5 Å². The first-order valence-electron chi connectivity index (χ1n) is 6.33. The molecule has 0 aliphatic heterocycles. The van der Waals surface area contributed by atoms with Crippen LogP contribution in [-0.2, 0) is 12.8 Å². The van der Waals surface area contributed by atoms with Crippen LogP contribution < -0.4 is 11.3 Å². The lowest BCUT2D eigenvalue weighted by Crippen LogP contribution is -2.38. The predicted molar refractivity (Wildman–Crippen MR) is 86.4 cm³/mol. The maximum absolute atomic E-state index is 13.3. The normalized spacial score (nSPS) is 12.4. The van der Waals surface area contributed by atoms with E-state index in [2.05, 4.69) is 5.43 Å². The molecule has 1 unspecified atom stereocenters. The summed E-state index contributed by atoms with van der Waals surface area (Å²) in [7, 11) is 0. The van der Waals surface area contributed by atoms with Gasteiger partial charge in [-0.1, -0.05) is 40.9 Å². The lowest BCUT2D eigenvalue weighted by molar-refractivity contribution is 0.520. The highest BCUT2D eigenvalue weighted by molar-refractivity contribution is 6.35. The maximum Gasteiger partial charge on any atom is 0.123 e. The quantitative estimate of drug-likeness (QED) is 0.621. The first-order valence-corrected chi connectivity index (χ1v) is 7.47. The summed E-state index contributed by atoms with van der Waals surface area (Å²) in [6.45, 7) is 0. The van der Waals surface area contributed by atoms with Crippen LogP contribution in [0.15, 0.2) is 36.4 Å². The Bertz CT molecular complexity index is 634. The fourth-order valence-electron chi connectivity index (χ4n) is 2.11. The molecule has 112 valence electrons. The molecule has 0 bridgehead atoms. The Kier molecular flexibility index (Phi) is 5.85. The summed E-state index contributed by atoms with van der Waals surface area (Å²) in [6.07, 6.45) is 1.07. The van der Waals surface area contributed by atoms with E-state index in [1.54, 1.807) is 12.1 Å². The van der Waals surface area contributed by atoms with Crippen LogP contribution in [0.2, 0.25) is 15.1 Å². The molecule has 0 heterocycles. The van der Waals surface area contributed by atoms with Crippen molar-refractivity contribution in [2.24, 2.45) is 5.84 Å². The third-order valence-electron chi connectivity index (χ3n) is 3.19. The average molecular weight is 348 g/mol. The van der Waals surface area contributed by atoms with Crippen LogP contribution in [0.3, 0.4) is 0 Å². The number of hydrogen-bond donors (Lipinski definition) is 2. The van der Waals surface area contributed by atoms with Gasteiger partial charge in [-0.3, -0.25) is 11.3 Å². The summed E-state index contributed by atoms with van der Waals surface area (Å²) in [5.41, 5.74) is 4.33. The first kappa shape index (κ1) is 16.5. The molecular weight excluding hydrogens is 334 g/mol. The van der Waals surface area contributed by atoms with E-state index in [0.717, 1.165) is 5.56 Å². The summed E-state index contributed by atoms with van der Waals surface area (Å²) < 4.78 is 13.3. The van der Waals surface area contributed by atoms with Gasteiger partial charge in [0.2, 0.25) is 0 Å². The van der Waals surface area contributed by atoms with Crippen LogP contribution in [0.25, 0.3) is 0 Å². The summed E-state index contributed by atoms with van der Waals surface area (Å²) in [4.78, 5) is 0. The van der Waals surface area contributed by atoms with E-state index >= 15 is 0 Å². The van der Waals surface area contributed by atoms with E-state index in [1.165, 1.54) is 18.2 Å². The Hall–Kier alpha value is -0.840. The second-order valence-electron chi connectivity index (χ2n) is 4.74. The highest BCUT2D eigenvalue weighted by atomic mass is 35.5. The Morgan fingerprint density at radius 1 is 0.952 bits per heavy atom. The minimum atomic E-state index is -0.324. The van der Waals surface area contributed by atoms with Gasteiger partial charge in [0.25, 0.3) is 0 Å². The second-order valence-corrected chi connectivity index (χ2v) is 5.99. The minimum absolute atomic E-state index is 0.122. The molecule has 6 heteroatoms. The number of hydrazine groups is 1. The van der Waals surface area contributed by atoms with E-state index in [4.69, 9.17) is 40.6 Å². The van der Waals surface area contributed by atoms with Crippen molar-refractivity contribution in [3.05, 3.63) is 68.4 Å². The molecule has 1 atom stereocenters. The van der Waals surface area contributed by atoms with Crippen molar-refractivity contribution in [2.45, 2.75) is 18.9 Å². The fourth-order valence-corrected chi connectivity index (χ4v) is 2.79. The van der Waals surface area contributed by atoms with E-state index in [1.807, 2.05) is 6.07 Å². The second kappa shape index (κ2) is 7.43. The smallest absolute Gasteiger partial charge is 0.123 e. The SMILES string of the molecule is NNC(Cc1ccc(Cl)cc1Cl)Cc1cc(F)ccc1Cl. The van der Waals surface area contributed by atoms with Crippen LogP contribution in [-0.4, -0.2) is 6.04 Å². The van der Waals surface area contributed by atoms with Crippen LogP contribution in [0.5, 0.6) is 0 Å². The molecular formula is C15H14Cl3FN2. The van der Waals surface area contributed by atoms with Gasteiger partial charge in [-0.2, -0.15) is 0 Å². The van der Waals surface area contributed by atoms with E-state index in [9.17, 15) is 4.39 Å². The molecule has 0 fully saturated rings. The zero-order chi connectivity index (χ0) is 15.4. The monoisotopic (exact) mass is 346 g/mol. The highest BCUT2D eigenvalue weighted by Gasteiger charge is 2.14. The van der Waals surface area contributed by atoms with Gasteiger partial charge in [0.05, 0.1) is 0 Å². The number of nitrogens with two attached hydrogens (primary N) is 1. The fraction of sp³-hybridized carbons (Fsp3) is 0.200. The standard InChI is InChI=1S/C15H14Cl3FN2/c16-11-2-1-9(15(18)8-11)6-13(21-20)7-10-5-12(19)3-4-14(10)17/h1-5,8,13,21H,6-7,20H2. The topological polar surface area (TPSA) is 38.0 Å². The molecule has 0 radical (unpaired) electrons. The van der Waals surface area contributed by atoms with Crippen molar-refractivity contribution < 1.29 is 4.39 Å². The largest absolute Gasteiger partial charge is 0.271 e. The molecule has 2 aromatic rings. The van der Waals surface area contributed by atoms with Crippen molar-refractivity contribution in [3.63, 3.8) is 0 Å². The van der Waals surface area contributed by atoms with Gasteiger partial charge in [-0.05, 0) is 54.3 Å². The molecule has 2 nitrogen and oxygen atoms in total. The Balaban J connectivity index is 2.14. The van der Waals surface area contributed by atoms with E-state index in [-0.39, 0.29) is 11.9 Å². The van der Waals surface area contributed by atoms with Crippen molar-refractivity contribution in [1.29, 1.82) is 0 Å². The van der Waals surface area contributed by atoms with Gasteiger partial charge >= 0.3 is 0 Å². The van der Waals surface area contributed by atoms with Crippen LogP contribution in [0.1, 0.15) is 11.1 Å². The summed E-state index contributed by atoms with van der Waals surface area (Å²) in [6, 6.07) is 9.45. The molecule has 2 rings (SSSR count). The van der Waals surface area contributed by atoms with Crippen molar-refractivity contribution in [1.82, 2.24) is 5.43 Å². The minimum Gasteiger partial charge on any atom is -0.271 e. The molecule has 0 spiro atoms. The number of nitrogens with one attached hydrogen (secondary N) is 1. The molecule has 0 saturated carbocycles. The first-order chi connectivity index (χ1) is 9.99.